The molecule has 0 atom stereocenters. The summed E-state index contributed by atoms with van der Waals surface area (Å²) in [4.78, 5) is 0. The van der Waals surface area contributed by atoms with Crippen molar-refractivity contribution in [1.29, 1.82) is 0 Å². The monoisotopic (exact) mass is 317 g/mol. The van der Waals surface area contributed by atoms with Crippen LogP contribution in [-0.4, -0.2) is 13.1 Å². The molecule has 0 saturated carbocycles. The van der Waals surface area contributed by atoms with E-state index in [1.807, 2.05) is 0 Å². The Morgan fingerprint density at radius 1 is 1.07 bits per heavy atom. The predicted octanol–water partition coefficient (Wildman–Crippen LogP) is 3.68. The Balaban J connectivity index is 2.18. The van der Waals surface area contributed by atoms with Crippen molar-refractivity contribution in [1.82, 2.24) is 5.32 Å². The van der Waals surface area contributed by atoms with Gasteiger partial charge < -0.3 is 5.32 Å². The molecule has 1 heterocycles. The summed E-state index contributed by atoms with van der Waals surface area (Å²) in [5.74, 6) is 0.737. The molecule has 1 aromatic carbocycles. The molecular weight excluding hydrogens is 306 g/mol. The van der Waals surface area contributed by atoms with Gasteiger partial charge in [-0.25, -0.2) is 0 Å². The van der Waals surface area contributed by atoms with Crippen LogP contribution in [0.3, 0.4) is 0 Å². The average molecular weight is 319 g/mol. The predicted molar refractivity (Wildman–Crippen MR) is 66.7 cm³/mol. The molecule has 1 fully saturated rings. The zero-order valence-corrected chi connectivity index (χ0v) is 11.1. The van der Waals surface area contributed by atoms with Gasteiger partial charge in [0.25, 0.3) is 0 Å². The molecule has 0 aliphatic carbocycles. The maximum absolute atomic E-state index is 3.55. The Bertz CT molecular complexity index is 319. The normalized spacial score (nSPS) is 18.4. The van der Waals surface area contributed by atoms with Gasteiger partial charge in [0.15, 0.2) is 0 Å². The molecule has 0 aromatic heterocycles. The average Bonchev–Trinajstić information content (AvgIpc) is 2.23. The summed E-state index contributed by atoms with van der Waals surface area (Å²) in [6.07, 6.45) is 2.52. The summed E-state index contributed by atoms with van der Waals surface area (Å²) in [5.41, 5.74) is 1.46. The van der Waals surface area contributed by atoms with Crippen molar-refractivity contribution in [3.05, 3.63) is 32.7 Å². The quantitative estimate of drug-likeness (QED) is 0.833. The number of nitrogens with one attached hydrogen (secondary N) is 1. The van der Waals surface area contributed by atoms with Crippen LogP contribution in [0.4, 0.5) is 0 Å². The molecule has 2 rings (SSSR count). The molecule has 0 bridgehead atoms. The third-order valence-corrected chi connectivity index (χ3v) is 4.63. The van der Waals surface area contributed by atoms with E-state index < -0.39 is 0 Å². The Morgan fingerprint density at radius 2 is 1.79 bits per heavy atom. The maximum Gasteiger partial charge on any atom is 0.0320 e. The fraction of sp³-hybridized carbons (Fsp3) is 0.455. The fourth-order valence-electron chi connectivity index (χ4n) is 1.92. The second kappa shape index (κ2) is 4.77. The van der Waals surface area contributed by atoms with Crippen molar-refractivity contribution < 1.29 is 0 Å². The number of piperidine rings is 1. The van der Waals surface area contributed by atoms with Crippen LogP contribution < -0.4 is 5.32 Å². The van der Waals surface area contributed by atoms with Crippen LogP contribution >= 0.6 is 31.9 Å². The van der Waals surface area contributed by atoms with Gasteiger partial charge in [-0.3, -0.25) is 0 Å². The summed E-state index contributed by atoms with van der Waals surface area (Å²) in [5, 5.41) is 3.39. The third kappa shape index (κ3) is 2.38. The molecule has 1 aromatic rings. The molecule has 1 nitrogen and oxygen atoms in total. The summed E-state index contributed by atoms with van der Waals surface area (Å²) in [6.45, 7) is 2.30. The summed E-state index contributed by atoms with van der Waals surface area (Å²) < 4.78 is 2.30. The van der Waals surface area contributed by atoms with Crippen LogP contribution in [0, 0.1) is 0 Å². The Hall–Kier alpha value is 0.140. The molecule has 0 radical (unpaired) electrons. The first-order valence-corrected chi connectivity index (χ1v) is 6.51. The first kappa shape index (κ1) is 10.7. The smallest absolute Gasteiger partial charge is 0.0320 e. The standard InChI is InChI=1S/C11H13Br2N/c12-10-2-1-9(7-11(10)13)8-3-5-14-6-4-8/h1-2,7-8,14H,3-6H2. The number of benzene rings is 1. The molecule has 1 N–H and O–H groups in total. The van der Waals surface area contributed by atoms with E-state index in [0.29, 0.717) is 0 Å². The van der Waals surface area contributed by atoms with Crippen molar-refractivity contribution in [2.75, 3.05) is 13.1 Å². The van der Waals surface area contributed by atoms with Gasteiger partial charge in [-0.15, -0.1) is 0 Å². The van der Waals surface area contributed by atoms with Gasteiger partial charge in [-0.05, 0) is 81.4 Å². The van der Waals surface area contributed by atoms with Gasteiger partial charge in [0.2, 0.25) is 0 Å². The van der Waals surface area contributed by atoms with E-state index in [4.69, 9.17) is 0 Å². The molecule has 1 saturated heterocycles. The van der Waals surface area contributed by atoms with Crippen LogP contribution in [0.2, 0.25) is 0 Å². The van der Waals surface area contributed by atoms with Crippen molar-refractivity contribution in [3.8, 4) is 0 Å². The van der Waals surface area contributed by atoms with E-state index in [1.165, 1.54) is 18.4 Å². The van der Waals surface area contributed by atoms with Gasteiger partial charge >= 0.3 is 0 Å². The minimum atomic E-state index is 0.737. The van der Waals surface area contributed by atoms with E-state index in [0.717, 1.165) is 28.0 Å². The van der Waals surface area contributed by atoms with E-state index in [2.05, 4.69) is 55.4 Å². The summed E-state index contributed by atoms with van der Waals surface area (Å²) >= 11 is 7.04. The zero-order chi connectivity index (χ0) is 9.97. The largest absolute Gasteiger partial charge is 0.317 e. The molecule has 0 spiro atoms. The topological polar surface area (TPSA) is 12.0 Å². The SMILES string of the molecule is Brc1ccc(C2CCNCC2)cc1Br. The second-order valence-corrected chi connectivity index (χ2v) is 5.41. The van der Waals surface area contributed by atoms with E-state index in [-0.39, 0.29) is 0 Å². The van der Waals surface area contributed by atoms with Crippen LogP contribution in [0.1, 0.15) is 24.3 Å². The molecule has 76 valence electrons. The minimum Gasteiger partial charge on any atom is -0.317 e. The summed E-state index contributed by atoms with van der Waals surface area (Å²) in [6, 6.07) is 6.59. The first-order chi connectivity index (χ1) is 6.77. The number of rotatable bonds is 1. The Morgan fingerprint density at radius 3 is 2.43 bits per heavy atom. The Kier molecular flexibility index (Phi) is 3.63. The van der Waals surface area contributed by atoms with Crippen molar-refractivity contribution in [3.63, 3.8) is 0 Å². The van der Waals surface area contributed by atoms with Crippen molar-refractivity contribution in [2.45, 2.75) is 18.8 Å². The lowest BCUT2D eigenvalue weighted by molar-refractivity contribution is 0.460. The highest BCUT2D eigenvalue weighted by atomic mass is 79.9. The molecule has 1 aliphatic rings. The van der Waals surface area contributed by atoms with Gasteiger partial charge in [0, 0.05) is 8.95 Å². The number of hydrogen-bond acceptors (Lipinski definition) is 1. The Labute approximate surface area is 102 Å². The first-order valence-electron chi connectivity index (χ1n) is 4.93. The van der Waals surface area contributed by atoms with Crippen LogP contribution in [-0.2, 0) is 0 Å². The van der Waals surface area contributed by atoms with Crippen LogP contribution in [0.5, 0.6) is 0 Å². The van der Waals surface area contributed by atoms with E-state index >= 15 is 0 Å². The lowest BCUT2D eigenvalue weighted by Gasteiger charge is -2.23. The highest BCUT2D eigenvalue weighted by Gasteiger charge is 2.15. The summed E-state index contributed by atoms with van der Waals surface area (Å²) in [7, 11) is 0. The lowest BCUT2D eigenvalue weighted by atomic mass is 9.90. The van der Waals surface area contributed by atoms with Gasteiger partial charge in [0.1, 0.15) is 0 Å². The molecule has 3 heteroatoms. The zero-order valence-electron chi connectivity index (χ0n) is 7.89. The number of halogens is 2. The molecule has 0 amide bonds. The highest BCUT2D eigenvalue weighted by Crippen LogP contribution is 2.30. The van der Waals surface area contributed by atoms with Crippen molar-refractivity contribution in [2.24, 2.45) is 0 Å². The molecule has 14 heavy (non-hydrogen) atoms. The fourth-order valence-corrected chi connectivity index (χ4v) is 2.56. The van der Waals surface area contributed by atoms with Crippen molar-refractivity contribution >= 4 is 31.9 Å². The maximum atomic E-state index is 3.55. The van der Waals surface area contributed by atoms with Crippen LogP contribution in [0.25, 0.3) is 0 Å². The van der Waals surface area contributed by atoms with E-state index in [1.54, 1.807) is 0 Å². The van der Waals surface area contributed by atoms with Gasteiger partial charge in [-0.2, -0.15) is 0 Å². The third-order valence-electron chi connectivity index (χ3n) is 2.75. The number of hydrogen-bond donors (Lipinski definition) is 1. The highest BCUT2D eigenvalue weighted by molar-refractivity contribution is 9.13. The van der Waals surface area contributed by atoms with E-state index in [9.17, 15) is 0 Å². The minimum absolute atomic E-state index is 0.737. The second-order valence-electron chi connectivity index (χ2n) is 3.70. The van der Waals surface area contributed by atoms with Gasteiger partial charge in [-0.1, -0.05) is 6.07 Å². The lowest BCUT2D eigenvalue weighted by Crippen LogP contribution is -2.26. The van der Waals surface area contributed by atoms with Gasteiger partial charge in [0.05, 0.1) is 0 Å². The van der Waals surface area contributed by atoms with Crippen LogP contribution in [0.15, 0.2) is 27.1 Å². The molecule has 0 unspecified atom stereocenters. The molecular formula is C11H13Br2N. The molecule has 1 aliphatic heterocycles.